The molecule has 4 aromatic rings. The zero-order valence-electron chi connectivity index (χ0n) is 19.8. The van der Waals surface area contributed by atoms with Gasteiger partial charge in [0.2, 0.25) is 0 Å². The molecule has 1 aromatic heterocycles. The molecule has 0 fully saturated rings. The van der Waals surface area contributed by atoms with Crippen molar-refractivity contribution in [2.45, 2.75) is 6.92 Å². The highest BCUT2D eigenvalue weighted by atomic mass is 16.5. The second kappa shape index (κ2) is 12.0. The number of carboxylic acids is 1. The van der Waals surface area contributed by atoms with Gasteiger partial charge in [0.1, 0.15) is 23.8 Å². The smallest absolute Gasteiger partial charge is 0.341 e. The lowest BCUT2D eigenvalue weighted by Gasteiger charge is -2.12. The Hall–Kier alpha value is -4.82. The summed E-state index contributed by atoms with van der Waals surface area (Å²) < 4.78 is 11.3. The van der Waals surface area contributed by atoms with Crippen molar-refractivity contribution < 1.29 is 19.4 Å². The molecule has 36 heavy (non-hydrogen) atoms. The van der Waals surface area contributed by atoms with Gasteiger partial charge in [0.25, 0.3) is 0 Å². The Labute approximate surface area is 210 Å². The average Bonchev–Trinajstić information content (AvgIpc) is 2.91. The Kier molecular flexibility index (Phi) is 8.14. The summed E-state index contributed by atoms with van der Waals surface area (Å²) in [4.78, 5) is 15.0. The fraction of sp³-hybridized carbons (Fsp3) is 0.0968. The first-order valence-corrected chi connectivity index (χ1v) is 11.5. The number of aryl methyl sites for hydroxylation is 1. The molecule has 0 unspecified atom stereocenters. The predicted molar refractivity (Wildman–Crippen MR) is 140 cm³/mol. The SMILES string of the molecule is Cc1cc(OCC=C(c2ccccc2)c2ccc(C#Cc3ccccn3)cc2)ccc1OCC(=O)O. The quantitative estimate of drug-likeness (QED) is 0.328. The molecule has 178 valence electrons. The van der Waals surface area contributed by atoms with Gasteiger partial charge in [0.15, 0.2) is 6.61 Å². The third-order valence-corrected chi connectivity index (χ3v) is 5.32. The molecule has 0 aliphatic carbocycles. The van der Waals surface area contributed by atoms with Crippen LogP contribution in [0.25, 0.3) is 5.57 Å². The molecule has 0 atom stereocenters. The maximum atomic E-state index is 10.7. The minimum absolute atomic E-state index is 0.361. The number of rotatable bonds is 8. The maximum absolute atomic E-state index is 10.7. The molecule has 0 aliphatic rings. The van der Waals surface area contributed by atoms with Crippen LogP contribution in [0.15, 0.2) is 103 Å². The van der Waals surface area contributed by atoms with Gasteiger partial charge in [-0.2, -0.15) is 0 Å². The van der Waals surface area contributed by atoms with Crippen LogP contribution in [-0.2, 0) is 4.79 Å². The van der Waals surface area contributed by atoms with Gasteiger partial charge in [0.05, 0.1) is 0 Å². The van der Waals surface area contributed by atoms with E-state index in [-0.39, 0.29) is 6.61 Å². The van der Waals surface area contributed by atoms with E-state index in [0.29, 0.717) is 18.1 Å². The van der Waals surface area contributed by atoms with E-state index in [9.17, 15) is 4.79 Å². The molecule has 0 saturated carbocycles. The van der Waals surface area contributed by atoms with Crippen LogP contribution in [0.2, 0.25) is 0 Å². The second-order valence-corrected chi connectivity index (χ2v) is 7.95. The highest BCUT2D eigenvalue weighted by Gasteiger charge is 2.07. The number of aliphatic carboxylic acids is 1. The minimum Gasteiger partial charge on any atom is -0.489 e. The van der Waals surface area contributed by atoms with Gasteiger partial charge in [-0.1, -0.05) is 54.5 Å². The van der Waals surface area contributed by atoms with Gasteiger partial charge in [-0.15, -0.1) is 0 Å². The van der Waals surface area contributed by atoms with Crippen LogP contribution < -0.4 is 9.47 Å². The topological polar surface area (TPSA) is 68.7 Å². The molecule has 5 heteroatoms. The van der Waals surface area contributed by atoms with Gasteiger partial charge in [-0.05, 0) is 83.6 Å². The van der Waals surface area contributed by atoms with Crippen molar-refractivity contribution in [2.24, 2.45) is 0 Å². The van der Waals surface area contributed by atoms with E-state index < -0.39 is 5.97 Å². The Balaban J connectivity index is 1.50. The summed E-state index contributed by atoms with van der Waals surface area (Å²) >= 11 is 0. The molecule has 0 bridgehead atoms. The minimum atomic E-state index is -1.01. The molecular weight excluding hydrogens is 450 g/mol. The van der Waals surface area contributed by atoms with Crippen LogP contribution in [-0.4, -0.2) is 29.3 Å². The molecule has 0 aliphatic heterocycles. The number of carbonyl (C=O) groups is 1. The Morgan fingerprint density at radius 3 is 2.33 bits per heavy atom. The third kappa shape index (κ3) is 6.85. The summed E-state index contributed by atoms with van der Waals surface area (Å²) in [6.07, 6.45) is 3.78. The summed E-state index contributed by atoms with van der Waals surface area (Å²) in [5, 5.41) is 8.80. The number of hydrogen-bond donors (Lipinski definition) is 1. The van der Waals surface area contributed by atoms with Crippen molar-refractivity contribution in [3.63, 3.8) is 0 Å². The van der Waals surface area contributed by atoms with Crippen LogP contribution in [0.4, 0.5) is 0 Å². The summed E-state index contributed by atoms with van der Waals surface area (Å²) in [7, 11) is 0. The largest absolute Gasteiger partial charge is 0.489 e. The zero-order chi connectivity index (χ0) is 25.2. The van der Waals surface area contributed by atoms with Crippen LogP contribution in [0.1, 0.15) is 27.9 Å². The number of benzene rings is 3. The maximum Gasteiger partial charge on any atom is 0.341 e. The summed E-state index contributed by atoms with van der Waals surface area (Å²) in [6, 6.07) is 29.3. The van der Waals surface area contributed by atoms with Crippen LogP contribution in [0, 0.1) is 18.8 Å². The highest BCUT2D eigenvalue weighted by molar-refractivity contribution is 5.80. The van der Waals surface area contributed by atoms with Crippen molar-refractivity contribution in [1.29, 1.82) is 0 Å². The van der Waals surface area contributed by atoms with Crippen LogP contribution >= 0.6 is 0 Å². The molecule has 3 aromatic carbocycles. The van der Waals surface area contributed by atoms with Gasteiger partial charge in [0, 0.05) is 11.8 Å². The van der Waals surface area contributed by atoms with Crippen molar-refractivity contribution >= 4 is 11.5 Å². The molecule has 0 saturated heterocycles. The lowest BCUT2D eigenvalue weighted by atomic mass is 9.97. The van der Waals surface area contributed by atoms with Crippen molar-refractivity contribution in [3.05, 3.63) is 131 Å². The van der Waals surface area contributed by atoms with E-state index in [0.717, 1.165) is 33.5 Å². The summed E-state index contributed by atoms with van der Waals surface area (Å²) in [6.45, 7) is 1.84. The van der Waals surface area contributed by atoms with E-state index in [1.54, 1.807) is 18.3 Å². The van der Waals surface area contributed by atoms with Gasteiger partial charge < -0.3 is 14.6 Å². The molecule has 1 heterocycles. The standard InChI is InChI=1S/C31H25NO4/c1-23-21-28(16-17-30(23)36-22-31(33)34)35-20-18-29(25-7-3-2-4-8-25)26-13-10-24(11-14-26)12-15-27-9-5-6-19-32-27/h2-11,13-14,16-19,21H,20,22H2,1H3,(H,33,34). The van der Waals surface area contributed by atoms with E-state index in [1.807, 2.05) is 67.6 Å². The fourth-order valence-corrected chi connectivity index (χ4v) is 3.56. The number of pyridine rings is 1. The monoisotopic (exact) mass is 475 g/mol. The van der Waals surface area contributed by atoms with Gasteiger partial charge >= 0.3 is 5.97 Å². The average molecular weight is 476 g/mol. The number of carboxylic acid groups (broad SMARTS) is 1. The fourth-order valence-electron chi connectivity index (χ4n) is 3.56. The Morgan fingerprint density at radius 2 is 1.64 bits per heavy atom. The molecule has 4 rings (SSSR count). The molecule has 5 nitrogen and oxygen atoms in total. The van der Waals surface area contributed by atoms with E-state index in [4.69, 9.17) is 14.6 Å². The Morgan fingerprint density at radius 1 is 0.889 bits per heavy atom. The number of ether oxygens (including phenoxy) is 2. The summed E-state index contributed by atoms with van der Waals surface area (Å²) in [5.74, 6) is 6.43. The Bertz CT molecular complexity index is 1400. The van der Waals surface area contributed by atoms with Gasteiger partial charge in [-0.3, -0.25) is 0 Å². The molecule has 0 radical (unpaired) electrons. The van der Waals surface area contributed by atoms with Crippen molar-refractivity contribution in [2.75, 3.05) is 13.2 Å². The number of hydrogen-bond acceptors (Lipinski definition) is 4. The lowest BCUT2D eigenvalue weighted by molar-refractivity contribution is -0.139. The first-order valence-electron chi connectivity index (χ1n) is 11.5. The van der Waals surface area contributed by atoms with Gasteiger partial charge in [-0.25, -0.2) is 9.78 Å². The second-order valence-electron chi connectivity index (χ2n) is 7.95. The van der Waals surface area contributed by atoms with E-state index >= 15 is 0 Å². The van der Waals surface area contributed by atoms with Crippen molar-refractivity contribution in [3.8, 4) is 23.3 Å². The van der Waals surface area contributed by atoms with Crippen molar-refractivity contribution in [1.82, 2.24) is 4.98 Å². The van der Waals surface area contributed by atoms with Crippen LogP contribution in [0.5, 0.6) is 11.5 Å². The van der Waals surface area contributed by atoms with E-state index in [1.165, 1.54) is 0 Å². The number of nitrogens with zero attached hydrogens (tertiary/aromatic N) is 1. The zero-order valence-corrected chi connectivity index (χ0v) is 19.8. The number of aromatic nitrogens is 1. The molecule has 0 amide bonds. The van der Waals surface area contributed by atoms with E-state index in [2.05, 4.69) is 41.1 Å². The first kappa shape index (κ1) is 24.3. The first-order chi connectivity index (χ1) is 17.6. The summed E-state index contributed by atoms with van der Waals surface area (Å²) in [5.41, 5.74) is 5.65. The highest BCUT2D eigenvalue weighted by Crippen LogP contribution is 2.26. The third-order valence-electron chi connectivity index (χ3n) is 5.32. The van der Waals surface area contributed by atoms with Crippen LogP contribution in [0.3, 0.4) is 0 Å². The lowest BCUT2D eigenvalue weighted by Crippen LogP contribution is -2.10. The molecule has 1 N–H and O–H groups in total. The molecular formula is C31H25NO4. The predicted octanol–water partition coefficient (Wildman–Crippen LogP) is 5.76. The normalized spacial score (nSPS) is 10.8. The molecule has 0 spiro atoms.